The van der Waals surface area contributed by atoms with Crippen molar-refractivity contribution in [3.63, 3.8) is 0 Å². The lowest BCUT2D eigenvalue weighted by Crippen LogP contribution is -1.94. The Bertz CT molecular complexity index is 344. The second-order valence-electron chi connectivity index (χ2n) is 2.22. The molecular formula is C8H7BrN2O. The van der Waals surface area contributed by atoms with Crippen molar-refractivity contribution in [2.24, 2.45) is 0 Å². The van der Waals surface area contributed by atoms with Gasteiger partial charge in [0, 0.05) is 11.8 Å². The Morgan fingerprint density at radius 2 is 2.33 bits per heavy atom. The minimum Gasteiger partial charge on any atom is -0.495 e. The van der Waals surface area contributed by atoms with Gasteiger partial charge in [-0.25, -0.2) is 4.98 Å². The summed E-state index contributed by atoms with van der Waals surface area (Å²) in [5.74, 6) is 0.668. The first-order valence-electron chi connectivity index (χ1n) is 3.30. The number of halogens is 1. The van der Waals surface area contributed by atoms with Crippen LogP contribution in [0, 0.1) is 18.3 Å². The average molecular weight is 227 g/mol. The number of pyridine rings is 1. The van der Waals surface area contributed by atoms with Gasteiger partial charge in [-0.1, -0.05) is 0 Å². The first-order chi connectivity index (χ1) is 5.70. The van der Waals surface area contributed by atoms with Gasteiger partial charge in [-0.2, -0.15) is 5.26 Å². The zero-order chi connectivity index (χ0) is 9.14. The van der Waals surface area contributed by atoms with E-state index in [9.17, 15) is 0 Å². The molecule has 3 nitrogen and oxygen atoms in total. The Hall–Kier alpha value is -1.08. The Labute approximate surface area is 79.1 Å². The number of nitrogens with zero attached hydrogens (tertiary/aromatic N) is 2. The van der Waals surface area contributed by atoms with Crippen LogP contribution in [0.3, 0.4) is 0 Å². The van der Waals surface area contributed by atoms with Gasteiger partial charge in [0.25, 0.3) is 0 Å². The Balaban J connectivity index is 3.36. The fourth-order valence-corrected chi connectivity index (χ4v) is 1.49. The lowest BCUT2D eigenvalue weighted by Gasteiger charge is -2.06. The van der Waals surface area contributed by atoms with Crippen molar-refractivity contribution < 1.29 is 4.74 Å². The molecule has 0 N–H and O–H groups in total. The molecule has 4 heteroatoms. The highest BCUT2D eigenvalue weighted by atomic mass is 79.9. The van der Waals surface area contributed by atoms with E-state index in [2.05, 4.69) is 20.9 Å². The van der Waals surface area contributed by atoms with Crippen molar-refractivity contribution in [1.29, 1.82) is 5.26 Å². The molecule has 1 heterocycles. The maximum Gasteiger partial charge on any atom is 0.147 e. The van der Waals surface area contributed by atoms with Gasteiger partial charge < -0.3 is 4.74 Å². The maximum absolute atomic E-state index is 8.65. The van der Waals surface area contributed by atoms with Crippen molar-refractivity contribution in [3.8, 4) is 11.8 Å². The molecular weight excluding hydrogens is 220 g/mol. The topological polar surface area (TPSA) is 45.9 Å². The molecule has 0 spiro atoms. The standard InChI is InChI=1S/C8H7BrN2O/c1-5-7(3-10)11-4-6(9)8(5)12-2/h4H,1-2H3. The van der Waals surface area contributed by atoms with Crippen molar-refractivity contribution in [2.75, 3.05) is 7.11 Å². The van der Waals surface area contributed by atoms with Crippen molar-refractivity contribution in [1.82, 2.24) is 4.98 Å². The summed E-state index contributed by atoms with van der Waals surface area (Å²) in [7, 11) is 1.56. The molecule has 12 heavy (non-hydrogen) atoms. The highest BCUT2D eigenvalue weighted by Crippen LogP contribution is 2.28. The molecule has 0 aliphatic carbocycles. The Morgan fingerprint density at radius 1 is 1.67 bits per heavy atom. The number of ether oxygens (including phenoxy) is 1. The first-order valence-corrected chi connectivity index (χ1v) is 4.09. The van der Waals surface area contributed by atoms with Gasteiger partial charge in [0.2, 0.25) is 0 Å². The second kappa shape index (κ2) is 3.55. The van der Waals surface area contributed by atoms with E-state index in [1.54, 1.807) is 20.2 Å². The minimum absolute atomic E-state index is 0.398. The maximum atomic E-state index is 8.65. The summed E-state index contributed by atoms with van der Waals surface area (Å²) in [6.45, 7) is 1.80. The Morgan fingerprint density at radius 3 is 2.83 bits per heavy atom. The molecule has 0 radical (unpaired) electrons. The fraction of sp³-hybridized carbons (Fsp3) is 0.250. The van der Waals surface area contributed by atoms with E-state index in [4.69, 9.17) is 10.00 Å². The lowest BCUT2D eigenvalue weighted by molar-refractivity contribution is 0.408. The number of hydrogen-bond acceptors (Lipinski definition) is 3. The average Bonchev–Trinajstić information content (AvgIpc) is 2.06. The third-order valence-corrected chi connectivity index (χ3v) is 2.09. The van der Waals surface area contributed by atoms with E-state index < -0.39 is 0 Å². The third kappa shape index (κ3) is 1.41. The van der Waals surface area contributed by atoms with Gasteiger partial charge in [-0.15, -0.1) is 0 Å². The van der Waals surface area contributed by atoms with E-state index in [-0.39, 0.29) is 0 Å². The van der Waals surface area contributed by atoms with E-state index >= 15 is 0 Å². The van der Waals surface area contributed by atoms with Crippen molar-refractivity contribution >= 4 is 15.9 Å². The second-order valence-corrected chi connectivity index (χ2v) is 3.08. The predicted octanol–water partition coefficient (Wildman–Crippen LogP) is 2.03. The van der Waals surface area contributed by atoms with Crippen LogP contribution in [-0.4, -0.2) is 12.1 Å². The van der Waals surface area contributed by atoms with Crippen LogP contribution >= 0.6 is 15.9 Å². The quantitative estimate of drug-likeness (QED) is 0.737. The van der Waals surface area contributed by atoms with Crippen LogP contribution in [0.5, 0.6) is 5.75 Å². The summed E-state index contributed by atoms with van der Waals surface area (Å²) in [5, 5.41) is 8.65. The van der Waals surface area contributed by atoms with Gasteiger partial charge in [-0.05, 0) is 22.9 Å². The molecule has 1 rings (SSSR count). The van der Waals surface area contributed by atoms with Crippen molar-refractivity contribution in [3.05, 3.63) is 21.9 Å². The largest absolute Gasteiger partial charge is 0.495 e. The normalized spacial score (nSPS) is 9.17. The van der Waals surface area contributed by atoms with E-state index in [0.717, 1.165) is 10.0 Å². The molecule has 0 unspecified atom stereocenters. The van der Waals surface area contributed by atoms with E-state index in [1.165, 1.54) is 0 Å². The van der Waals surface area contributed by atoms with Gasteiger partial charge in [-0.3, -0.25) is 0 Å². The molecule has 0 bridgehead atoms. The molecule has 1 aromatic heterocycles. The molecule has 0 fully saturated rings. The smallest absolute Gasteiger partial charge is 0.147 e. The van der Waals surface area contributed by atoms with Gasteiger partial charge in [0.05, 0.1) is 11.6 Å². The molecule has 0 atom stereocenters. The molecule has 0 aliphatic heterocycles. The third-order valence-electron chi connectivity index (χ3n) is 1.53. The van der Waals surface area contributed by atoms with E-state index in [1.807, 2.05) is 6.07 Å². The van der Waals surface area contributed by atoms with Crippen LogP contribution in [0.1, 0.15) is 11.3 Å². The molecule has 62 valence electrons. The highest BCUT2D eigenvalue weighted by molar-refractivity contribution is 9.10. The van der Waals surface area contributed by atoms with Crippen LogP contribution in [0.2, 0.25) is 0 Å². The van der Waals surface area contributed by atoms with Crippen LogP contribution in [0.25, 0.3) is 0 Å². The van der Waals surface area contributed by atoms with Gasteiger partial charge >= 0.3 is 0 Å². The number of aromatic nitrogens is 1. The Kier molecular flexibility index (Phi) is 2.66. The summed E-state index contributed by atoms with van der Waals surface area (Å²) < 4.78 is 5.85. The van der Waals surface area contributed by atoms with Gasteiger partial charge in [0.1, 0.15) is 17.5 Å². The molecule has 0 amide bonds. The summed E-state index contributed by atoms with van der Waals surface area (Å²) >= 11 is 3.27. The molecule has 0 aromatic carbocycles. The van der Waals surface area contributed by atoms with Gasteiger partial charge in [0.15, 0.2) is 0 Å². The predicted molar refractivity (Wildman–Crippen MR) is 47.9 cm³/mol. The zero-order valence-electron chi connectivity index (χ0n) is 6.76. The minimum atomic E-state index is 0.398. The summed E-state index contributed by atoms with van der Waals surface area (Å²) in [4.78, 5) is 3.92. The molecule has 0 saturated carbocycles. The van der Waals surface area contributed by atoms with E-state index in [0.29, 0.717) is 11.4 Å². The van der Waals surface area contributed by atoms with Crippen molar-refractivity contribution in [2.45, 2.75) is 6.92 Å². The fourth-order valence-electron chi connectivity index (χ4n) is 0.927. The van der Waals surface area contributed by atoms with Crippen LogP contribution < -0.4 is 4.74 Å². The molecule has 1 aromatic rings. The zero-order valence-corrected chi connectivity index (χ0v) is 8.34. The molecule has 0 aliphatic rings. The lowest BCUT2D eigenvalue weighted by atomic mass is 10.2. The van der Waals surface area contributed by atoms with Crippen LogP contribution in [-0.2, 0) is 0 Å². The summed E-state index contributed by atoms with van der Waals surface area (Å²) in [5.41, 5.74) is 1.16. The first kappa shape index (κ1) is 9.01. The number of nitriles is 1. The summed E-state index contributed by atoms with van der Waals surface area (Å²) in [6.07, 6.45) is 1.56. The number of rotatable bonds is 1. The van der Waals surface area contributed by atoms with Crippen LogP contribution in [0.4, 0.5) is 0 Å². The number of hydrogen-bond donors (Lipinski definition) is 0. The monoisotopic (exact) mass is 226 g/mol. The SMILES string of the molecule is COc1c(Br)cnc(C#N)c1C. The number of methoxy groups -OCH3 is 1. The highest BCUT2D eigenvalue weighted by Gasteiger charge is 2.08. The van der Waals surface area contributed by atoms with Crippen LogP contribution in [0.15, 0.2) is 10.7 Å². The molecule has 0 saturated heterocycles. The summed E-state index contributed by atoms with van der Waals surface area (Å²) in [6, 6.07) is 1.99.